The lowest BCUT2D eigenvalue weighted by molar-refractivity contribution is 1.10. The maximum atomic E-state index is 5.75. The Hall–Kier alpha value is -0.220. The first-order chi connectivity index (χ1) is 5.75. The quantitative estimate of drug-likeness (QED) is 0.834. The Morgan fingerprint density at radius 1 is 1.58 bits per heavy atom. The summed E-state index contributed by atoms with van der Waals surface area (Å²) in [5.41, 5.74) is 6.50. The fourth-order valence-electron chi connectivity index (χ4n) is 0.795. The molecule has 4 heteroatoms. The second-order valence-corrected chi connectivity index (χ2v) is 4.35. The minimum absolute atomic E-state index is 0.753. The van der Waals surface area contributed by atoms with Crippen LogP contribution in [0.4, 0.5) is 5.69 Å². The molecule has 0 aromatic carbocycles. The summed E-state index contributed by atoms with van der Waals surface area (Å²) in [6.07, 6.45) is 4.61. The Morgan fingerprint density at radius 3 is 2.92 bits per heavy atom. The van der Waals surface area contributed by atoms with E-state index in [0.29, 0.717) is 0 Å². The van der Waals surface area contributed by atoms with Crippen LogP contribution in [-0.4, -0.2) is 10.7 Å². The predicted octanol–water partition coefficient (Wildman–Crippen LogP) is 2.93. The van der Waals surface area contributed by atoms with E-state index in [0.717, 1.165) is 27.2 Å². The van der Waals surface area contributed by atoms with E-state index in [2.05, 4.69) is 27.8 Å². The van der Waals surface area contributed by atoms with Crippen molar-refractivity contribution in [2.45, 2.75) is 18.2 Å². The number of rotatable bonds is 3. The molecule has 66 valence electrons. The molecular weight excluding hydrogens is 236 g/mol. The van der Waals surface area contributed by atoms with Crippen molar-refractivity contribution in [2.75, 3.05) is 11.5 Å². The van der Waals surface area contributed by atoms with E-state index in [1.807, 2.05) is 0 Å². The Labute approximate surface area is 85.1 Å². The van der Waals surface area contributed by atoms with Crippen LogP contribution >= 0.6 is 27.7 Å². The smallest absolute Gasteiger partial charge is 0.0650 e. The zero-order valence-electron chi connectivity index (χ0n) is 6.88. The third-order valence-electron chi connectivity index (χ3n) is 1.33. The standard InChI is InChI=1S/C8H11BrN2S/c1-2-3-12-8-6(9)4-11-5-7(8)10/h4-5H,2-3,10H2,1H3. The summed E-state index contributed by atoms with van der Waals surface area (Å²) in [4.78, 5) is 5.07. The molecule has 1 heterocycles. The summed E-state index contributed by atoms with van der Waals surface area (Å²) >= 11 is 5.18. The first kappa shape index (κ1) is 9.86. The Bertz CT molecular complexity index is 245. The summed E-state index contributed by atoms with van der Waals surface area (Å²) in [5, 5.41) is 0. The lowest BCUT2D eigenvalue weighted by Gasteiger charge is -2.05. The van der Waals surface area contributed by atoms with Crippen LogP contribution in [0.2, 0.25) is 0 Å². The molecule has 1 rings (SSSR count). The number of nitrogen functional groups attached to an aromatic ring is 1. The van der Waals surface area contributed by atoms with Crippen LogP contribution in [0.15, 0.2) is 21.8 Å². The number of halogens is 1. The van der Waals surface area contributed by atoms with Crippen LogP contribution in [0.25, 0.3) is 0 Å². The molecule has 0 saturated carbocycles. The summed E-state index contributed by atoms with van der Waals surface area (Å²) in [5.74, 6) is 1.09. The Balaban J connectivity index is 2.81. The number of hydrogen-bond donors (Lipinski definition) is 1. The molecule has 2 nitrogen and oxygen atoms in total. The van der Waals surface area contributed by atoms with Gasteiger partial charge in [0.2, 0.25) is 0 Å². The van der Waals surface area contributed by atoms with Gasteiger partial charge in [0.25, 0.3) is 0 Å². The average molecular weight is 247 g/mol. The van der Waals surface area contributed by atoms with Crippen LogP contribution < -0.4 is 5.73 Å². The molecule has 1 aromatic heterocycles. The highest BCUT2D eigenvalue weighted by molar-refractivity contribution is 9.10. The van der Waals surface area contributed by atoms with Crippen LogP contribution in [-0.2, 0) is 0 Å². The Morgan fingerprint density at radius 2 is 2.33 bits per heavy atom. The minimum Gasteiger partial charge on any atom is -0.397 e. The molecule has 12 heavy (non-hydrogen) atoms. The number of anilines is 1. The molecule has 0 atom stereocenters. The lowest BCUT2D eigenvalue weighted by atomic mass is 10.4. The van der Waals surface area contributed by atoms with E-state index in [9.17, 15) is 0 Å². The fourth-order valence-corrected chi connectivity index (χ4v) is 2.30. The average Bonchev–Trinajstić information content (AvgIpc) is 2.04. The highest BCUT2D eigenvalue weighted by Gasteiger charge is 2.03. The van der Waals surface area contributed by atoms with E-state index in [4.69, 9.17) is 5.73 Å². The highest BCUT2D eigenvalue weighted by Crippen LogP contribution is 2.31. The molecule has 0 fully saturated rings. The van der Waals surface area contributed by atoms with Gasteiger partial charge in [0.1, 0.15) is 0 Å². The molecule has 0 amide bonds. The molecule has 0 aliphatic rings. The van der Waals surface area contributed by atoms with Crippen LogP contribution in [0.1, 0.15) is 13.3 Å². The number of nitrogens with zero attached hydrogens (tertiary/aromatic N) is 1. The van der Waals surface area contributed by atoms with Crippen molar-refractivity contribution >= 4 is 33.4 Å². The van der Waals surface area contributed by atoms with Gasteiger partial charge in [0, 0.05) is 11.1 Å². The summed E-state index contributed by atoms with van der Waals surface area (Å²) < 4.78 is 0.987. The van der Waals surface area contributed by atoms with E-state index < -0.39 is 0 Å². The van der Waals surface area contributed by atoms with Gasteiger partial charge >= 0.3 is 0 Å². The molecule has 0 aliphatic carbocycles. The fraction of sp³-hybridized carbons (Fsp3) is 0.375. The third kappa shape index (κ3) is 2.38. The number of pyridine rings is 1. The van der Waals surface area contributed by atoms with E-state index in [1.54, 1.807) is 24.2 Å². The van der Waals surface area contributed by atoms with Gasteiger partial charge in [-0.2, -0.15) is 0 Å². The second-order valence-electron chi connectivity index (χ2n) is 2.39. The van der Waals surface area contributed by atoms with Crippen molar-refractivity contribution in [2.24, 2.45) is 0 Å². The second kappa shape index (κ2) is 4.72. The number of hydrogen-bond acceptors (Lipinski definition) is 3. The molecule has 0 radical (unpaired) electrons. The van der Waals surface area contributed by atoms with Gasteiger partial charge in [-0.15, -0.1) is 11.8 Å². The van der Waals surface area contributed by atoms with Gasteiger partial charge in [0.05, 0.1) is 16.4 Å². The molecule has 0 saturated heterocycles. The summed E-state index contributed by atoms with van der Waals surface area (Å²) in [6, 6.07) is 0. The maximum absolute atomic E-state index is 5.75. The van der Waals surface area contributed by atoms with Crippen LogP contribution in [0.5, 0.6) is 0 Å². The third-order valence-corrected chi connectivity index (χ3v) is 3.55. The van der Waals surface area contributed by atoms with Crippen molar-refractivity contribution in [3.05, 3.63) is 16.9 Å². The van der Waals surface area contributed by atoms with Gasteiger partial charge in [-0.25, -0.2) is 0 Å². The maximum Gasteiger partial charge on any atom is 0.0650 e. The van der Waals surface area contributed by atoms with Crippen molar-refractivity contribution in [3.63, 3.8) is 0 Å². The largest absolute Gasteiger partial charge is 0.397 e. The lowest BCUT2D eigenvalue weighted by Crippen LogP contribution is -1.91. The highest BCUT2D eigenvalue weighted by atomic mass is 79.9. The van der Waals surface area contributed by atoms with Crippen LogP contribution in [0.3, 0.4) is 0 Å². The minimum atomic E-state index is 0.753. The molecular formula is C8H11BrN2S. The molecule has 0 unspecified atom stereocenters. The van der Waals surface area contributed by atoms with Crippen molar-refractivity contribution in [1.82, 2.24) is 4.98 Å². The summed E-state index contributed by atoms with van der Waals surface area (Å²) in [7, 11) is 0. The number of nitrogens with two attached hydrogens (primary N) is 1. The number of thioether (sulfide) groups is 1. The van der Waals surface area contributed by atoms with E-state index >= 15 is 0 Å². The van der Waals surface area contributed by atoms with E-state index in [-0.39, 0.29) is 0 Å². The molecule has 1 aromatic rings. The number of aromatic nitrogens is 1. The zero-order chi connectivity index (χ0) is 8.97. The topological polar surface area (TPSA) is 38.9 Å². The van der Waals surface area contributed by atoms with E-state index in [1.165, 1.54) is 0 Å². The first-order valence-corrected chi connectivity index (χ1v) is 5.55. The van der Waals surface area contributed by atoms with Gasteiger partial charge in [-0.3, -0.25) is 4.98 Å². The van der Waals surface area contributed by atoms with Gasteiger partial charge in [-0.1, -0.05) is 6.92 Å². The zero-order valence-corrected chi connectivity index (χ0v) is 9.28. The van der Waals surface area contributed by atoms with Crippen LogP contribution in [0, 0.1) is 0 Å². The van der Waals surface area contributed by atoms with Gasteiger partial charge in [0.15, 0.2) is 0 Å². The van der Waals surface area contributed by atoms with Gasteiger partial charge in [-0.05, 0) is 28.1 Å². The molecule has 0 bridgehead atoms. The first-order valence-electron chi connectivity index (χ1n) is 3.77. The predicted molar refractivity (Wildman–Crippen MR) is 57.4 cm³/mol. The van der Waals surface area contributed by atoms with Crippen molar-refractivity contribution in [1.29, 1.82) is 0 Å². The van der Waals surface area contributed by atoms with Crippen molar-refractivity contribution in [3.8, 4) is 0 Å². The molecule has 0 aliphatic heterocycles. The monoisotopic (exact) mass is 246 g/mol. The summed E-state index contributed by atoms with van der Waals surface area (Å²) in [6.45, 7) is 2.15. The van der Waals surface area contributed by atoms with Crippen molar-refractivity contribution < 1.29 is 0 Å². The van der Waals surface area contributed by atoms with Gasteiger partial charge < -0.3 is 5.73 Å². The normalized spacial score (nSPS) is 10.2. The Kier molecular flexibility index (Phi) is 3.88. The SMILES string of the molecule is CCCSc1c(N)cncc1Br. The molecule has 2 N–H and O–H groups in total. The molecule has 0 spiro atoms.